The Morgan fingerprint density at radius 2 is 1.80 bits per heavy atom. The number of hydrogen-bond donors (Lipinski definition) is 1. The van der Waals surface area contributed by atoms with Crippen molar-refractivity contribution in [2.45, 2.75) is 0 Å². The van der Waals surface area contributed by atoms with Gasteiger partial charge in [-0.15, -0.1) is 0 Å². The number of nitrogens with zero attached hydrogens (tertiary/aromatic N) is 1. The summed E-state index contributed by atoms with van der Waals surface area (Å²) < 4.78 is 11.1. The summed E-state index contributed by atoms with van der Waals surface area (Å²) in [6, 6.07) is 14.9. The number of aromatic nitrogens is 2. The fraction of sp³-hybridized carbons (Fsp3) is 0.111. The van der Waals surface area contributed by atoms with Crippen LogP contribution in [0.3, 0.4) is 0 Å². The van der Waals surface area contributed by atoms with Crippen LogP contribution < -0.4 is 16.0 Å². The lowest BCUT2D eigenvalue weighted by atomic mass is 10.1. The average Bonchev–Trinajstić information content (AvgIpc) is 2.61. The van der Waals surface area contributed by atoms with Crippen molar-refractivity contribution in [3.63, 3.8) is 0 Å². The number of methoxy groups -OCH3 is 1. The summed E-state index contributed by atoms with van der Waals surface area (Å²) in [4.78, 5) is 27.6. The van der Waals surface area contributed by atoms with E-state index in [1.807, 2.05) is 0 Å². The van der Waals surface area contributed by atoms with Crippen molar-refractivity contribution in [2.75, 3.05) is 13.9 Å². The van der Waals surface area contributed by atoms with Gasteiger partial charge in [-0.3, -0.25) is 4.79 Å². The number of H-pyrrole nitrogens is 1. The maximum atomic E-state index is 12.5. The third-order valence-corrected chi connectivity index (χ3v) is 3.86. The number of ether oxygens (including phenoxy) is 2. The normalized spacial score (nSPS) is 10.6. The smallest absolute Gasteiger partial charge is 0.333 e. The van der Waals surface area contributed by atoms with E-state index in [9.17, 15) is 9.59 Å². The molecule has 2 aromatic carbocycles. The van der Waals surface area contributed by atoms with Crippen LogP contribution in [0.4, 0.5) is 0 Å². The van der Waals surface area contributed by atoms with Gasteiger partial charge in [0.25, 0.3) is 5.56 Å². The largest absolute Gasteiger partial charge is 0.468 e. The van der Waals surface area contributed by atoms with Gasteiger partial charge in [0, 0.05) is 23.8 Å². The third kappa shape index (κ3) is 3.65. The molecule has 0 saturated heterocycles. The van der Waals surface area contributed by atoms with Gasteiger partial charge in [0.15, 0.2) is 6.79 Å². The zero-order chi connectivity index (χ0) is 17.8. The standard InChI is InChI=1S/C18H15ClN2O4/c1-24-11-25-13-8-6-12(7-9-13)21-17(22)10-16(20-18(21)23)14-4-2-3-5-15(14)19/h2-10H,11H2,1H3,(H,20,23). The molecule has 0 amide bonds. The van der Waals surface area contributed by atoms with Crippen LogP contribution in [0.5, 0.6) is 5.75 Å². The summed E-state index contributed by atoms with van der Waals surface area (Å²) in [5.41, 5.74) is 0.393. The molecule has 7 heteroatoms. The Morgan fingerprint density at radius 1 is 1.08 bits per heavy atom. The van der Waals surface area contributed by atoms with Crippen molar-refractivity contribution in [3.8, 4) is 22.7 Å². The Hall–Kier alpha value is -2.83. The van der Waals surface area contributed by atoms with Gasteiger partial charge < -0.3 is 14.5 Å². The molecule has 128 valence electrons. The monoisotopic (exact) mass is 358 g/mol. The maximum absolute atomic E-state index is 12.5. The Bertz CT molecular complexity index is 962. The van der Waals surface area contributed by atoms with Gasteiger partial charge in [-0.1, -0.05) is 29.8 Å². The predicted molar refractivity (Wildman–Crippen MR) is 95.6 cm³/mol. The molecule has 0 spiro atoms. The second-order valence-corrected chi connectivity index (χ2v) is 5.59. The van der Waals surface area contributed by atoms with Crippen LogP contribution in [0, 0.1) is 0 Å². The maximum Gasteiger partial charge on any atom is 0.333 e. The van der Waals surface area contributed by atoms with E-state index < -0.39 is 11.2 Å². The van der Waals surface area contributed by atoms with Crippen molar-refractivity contribution in [1.82, 2.24) is 9.55 Å². The van der Waals surface area contributed by atoms with Crippen LogP contribution in [-0.4, -0.2) is 23.5 Å². The number of halogens is 1. The molecule has 0 aliphatic rings. The molecule has 1 N–H and O–H groups in total. The molecule has 0 fully saturated rings. The summed E-state index contributed by atoms with van der Waals surface area (Å²) in [7, 11) is 1.52. The van der Waals surface area contributed by atoms with Crippen LogP contribution >= 0.6 is 11.6 Å². The molecular formula is C18H15ClN2O4. The fourth-order valence-electron chi connectivity index (χ4n) is 2.38. The van der Waals surface area contributed by atoms with Crippen LogP contribution in [0.2, 0.25) is 5.02 Å². The Morgan fingerprint density at radius 3 is 2.44 bits per heavy atom. The number of aromatic amines is 1. The molecule has 1 heterocycles. The van der Waals surface area contributed by atoms with E-state index in [0.29, 0.717) is 27.7 Å². The summed E-state index contributed by atoms with van der Waals surface area (Å²) in [5.74, 6) is 0.572. The third-order valence-electron chi connectivity index (χ3n) is 3.54. The average molecular weight is 359 g/mol. The first kappa shape index (κ1) is 17.0. The van der Waals surface area contributed by atoms with E-state index in [4.69, 9.17) is 21.1 Å². The number of benzene rings is 2. The van der Waals surface area contributed by atoms with E-state index in [-0.39, 0.29) is 6.79 Å². The van der Waals surface area contributed by atoms with Crippen LogP contribution in [-0.2, 0) is 4.74 Å². The highest BCUT2D eigenvalue weighted by Crippen LogP contribution is 2.24. The SMILES string of the molecule is COCOc1ccc(-n2c(=O)cc(-c3ccccc3Cl)[nH]c2=O)cc1. The Kier molecular flexibility index (Phi) is 5.02. The van der Waals surface area contributed by atoms with Crippen molar-refractivity contribution in [1.29, 1.82) is 0 Å². The van der Waals surface area contributed by atoms with Gasteiger partial charge in [-0.2, -0.15) is 0 Å². The van der Waals surface area contributed by atoms with Gasteiger partial charge in [0.1, 0.15) is 5.75 Å². The van der Waals surface area contributed by atoms with E-state index in [2.05, 4.69) is 4.98 Å². The lowest BCUT2D eigenvalue weighted by molar-refractivity contribution is 0.0511. The first-order chi connectivity index (χ1) is 12.1. The minimum absolute atomic E-state index is 0.117. The Labute approximate surface area is 148 Å². The highest BCUT2D eigenvalue weighted by atomic mass is 35.5. The van der Waals surface area contributed by atoms with E-state index in [0.717, 1.165) is 4.57 Å². The molecular weight excluding hydrogens is 344 g/mol. The second-order valence-electron chi connectivity index (χ2n) is 5.19. The fourth-order valence-corrected chi connectivity index (χ4v) is 2.62. The van der Waals surface area contributed by atoms with Gasteiger partial charge in [0.05, 0.1) is 11.4 Å². The quantitative estimate of drug-likeness (QED) is 0.712. The van der Waals surface area contributed by atoms with E-state index in [1.165, 1.54) is 13.2 Å². The van der Waals surface area contributed by atoms with E-state index >= 15 is 0 Å². The molecule has 1 aromatic heterocycles. The molecule has 0 radical (unpaired) electrons. The van der Waals surface area contributed by atoms with E-state index in [1.54, 1.807) is 48.5 Å². The van der Waals surface area contributed by atoms with Gasteiger partial charge >= 0.3 is 5.69 Å². The molecule has 25 heavy (non-hydrogen) atoms. The van der Waals surface area contributed by atoms with Crippen molar-refractivity contribution < 1.29 is 9.47 Å². The molecule has 0 aliphatic heterocycles. The van der Waals surface area contributed by atoms with Gasteiger partial charge in [0.2, 0.25) is 0 Å². The molecule has 0 saturated carbocycles. The molecule has 0 unspecified atom stereocenters. The lowest BCUT2D eigenvalue weighted by Gasteiger charge is -2.09. The lowest BCUT2D eigenvalue weighted by Crippen LogP contribution is -2.33. The zero-order valence-electron chi connectivity index (χ0n) is 13.4. The van der Waals surface area contributed by atoms with Gasteiger partial charge in [-0.05, 0) is 30.3 Å². The summed E-state index contributed by atoms with van der Waals surface area (Å²) in [6.07, 6.45) is 0. The van der Waals surface area contributed by atoms with Gasteiger partial charge in [-0.25, -0.2) is 9.36 Å². The number of nitrogens with one attached hydrogen (secondary N) is 1. The first-order valence-electron chi connectivity index (χ1n) is 7.43. The topological polar surface area (TPSA) is 73.3 Å². The highest BCUT2D eigenvalue weighted by molar-refractivity contribution is 6.33. The minimum Gasteiger partial charge on any atom is -0.468 e. The Balaban J connectivity index is 2.00. The summed E-state index contributed by atoms with van der Waals surface area (Å²) in [5, 5.41) is 0.454. The molecule has 0 aliphatic carbocycles. The van der Waals surface area contributed by atoms with Crippen molar-refractivity contribution in [2.24, 2.45) is 0 Å². The number of rotatable bonds is 5. The highest BCUT2D eigenvalue weighted by Gasteiger charge is 2.10. The second kappa shape index (κ2) is 7.38. The van der Waals surface area contributed by atoms with Crippen LogP contribution in [0.1, 0.15) is 0 Å². The molecule has 6 nitrogen and oxygen atoms in total. The van der Waals surface area contributed by atoms with Crippen molar-refractivity contribution in [3.05, 3.63) is 80.5 Å². The summed E-state index contributed by atoms with van der Waals surface area (Å²) >= 11 is 6.12. The van der Waals surface area contributed by atoms with Crippen LogP contribution in [0.15, 0.2) is 64.2 Å². The first-order valence-corrected chi connectivity index (χ1v) is 7.81. The zero-order valence-corrected chi connectivity index (χ0v) is 14.1. The molecule has 3 aromatic rings. The van der Waals surface area contributed by atoms with Crippen LogP contribution in [0.25, 0.3) is 16.9 Å². The molecule has 0 bridgehead atoms. The summed E-state index contributed by atoms with van der Waals surface area (Å²) in [6.45, 7) is 0.117. The minimum atomic E-state index is -0.548. The predicted octanol–water partition coefficient (Wildman–Crippen LogP) is 2.83. The molecule has 3 rings (SSSR count). The number of hydrogen-bond acceptors (Lipinski definition) is 4. The molecule has 0 atom stereocenters. The van der Waals surface area contributed by atoms with Crippen molar-refractivity contribution >= 4 is 11.6 Å².